The van der Waals surface area contributed by atoms with E-state index in [1.165, 1.54) is 10.5 Å². The lowest BCUT2D eigenvalue weighted by atomic mass is 10.1. The van der Waals surface area contributed by atoms with Crippen molar-refractivity contribution in [1.82, 2.24) is 5.32 Å². The molecule has 0 saturated carbocycles. The predicted octanol–water partition coefficient (Wildman–Crippen LogP) is 3.82. The molecule has 112 valence electrons. The van der Waals surface area contributed by atoms with Crippen molar-refractivity contribution < 1.29 is 9.90 Å². The van der Waals surface area contributed by atoms with Crippen LogP contribution in [0.25, 0.3) is 0 Å². The normalized spacial score (nSPS) is 9.95. The SMILES string of the molecule is CSc1ccc(CNCc2ccc(C(=O)O)cc2)cc1.Cl. The van der Waals surface area contributed by atoms with Gasteiger partial charge in [0.25, 0.3) is 0 Å². The van der Waals surface area contributed by atoms with Crippen LogP contribution in [0.1, 0.15) is 21.5 Å². The molecule has 0 heterocycles. The van der Waals surface area contributed by atoms with Crippen LogP contribution in [0.15, 0.2) is 53.4 Å². The van der Waals surface area contributed by atoms with Gasteiger partial charge in [-0.1, -0.05) is 24.3 Å². The molecule has 0 atom stereocenters. The number of carbonyl (C=O) groups is 1. The third kappa shape index (κ3) is 5.42. The molecule has 0 amide bonds. The highest BCUT2D eigenvalue weighted by atomic mass is 35.5. The van der Waals surface area contributed by atoms with Gasteiger partial charge in [-0.05, 0) is 41.6 Å². The topological polar surface area (TPSA) is 49.3 Å². The Morgan fingerprint density at radius 1 is 1.00 bits per heavy atom. The first-order valence-corrected chi connectivity index (χ1v) is 7.57. The van der Waals surface area contributed by atoms with Gasteiger partial charge in [0.1, 0.15) is 0 Å². The first-order valence-electron chi connectivity index (χ1n) is 6.35. The van der Waals surface area contributed by atoms with Crippen LogP contribution in [-0.2, 0) is 13.1 Å². The van der Waals surface area contributed by atoms with E-state index < -0.39 is 5.97 Å². The minimum absolute atomic E-state index is 0. The average Bonchev–Trinajstić information content (AvgIpc) is 2.48. The summed E-state index contributed by atoms with van der Waals surface area (Å²) in [5.41, 5.74) is 2.64. The zero-order valence-corrected chi connectivity index (χ0v) is 13.3. The number of hydrogen-bond acceptors (Lipinski definition) is 3. The second-order valence-electron chi connectivity index (χ2n) is 4.45. The molecule has 0 spiro atoms. The highest BCUT2D eigenvalue weighted by Crippen LogP contribution is 2.14. The maximum atomic E-state index is 10.7. The lowest BCUT2D eigenvalue weighted by molar-refractivity contribution is 0.0697. The van der Waals surface area contributed by atoms with Crippen molar-refractivity contribution in [3.8, 4) is 0 Å². The Morgan fingerprint density at radius 2 is 1.48 bits per heavy atom. The zero-order chi connectivity index (χ0) is 14.4. The summed E-state index contributed by atoms with van der Waals surface area (Å²) < 4.78 is 0. The van der Waals surface area contributed by atoms with Crippen LogP contribution >= 0.6 is 24.2 Å². The second kappa shape index (κ2) is 8.72. The van der Waals surface area contributed by atoms with E-state index in [-0.39, 0.29) is 12.4 Å². The summed E-state index contributed by atoms with van der Waals surface area (Å²) in [6.45, 7) is 1.53. The number of carboxylic acids is 1. The van der Waals surface area contributed by atoms with E-state index in [4.69, 9.17) is 5.11 Å². The van der Waals surface area contributed by atoms with E-state index in [0.29, 0.717) is 5.56 Å². The largest absolute Gasteiger partial charge is 0.478 e. The summed E-state index contributed by atoms with van der Waals surface area (Å²) >= 11 is 1.73. The molecule has 0 unspecified atom stereocenters. The highest BCUT2D eigenvalue weighted by Gasteiger charge is 2.01. The van der Waals surface area contributed by atoms with E-state index in [1.54, 1.807) is 23.9 Å². The van der Waals surface area contributed by atoms with Crippen molar-refractivity contribution >= 4 is 30.1 Å². The van der Waals surface area contributed by atoms with Crippen LogP contribution in [0, 0.1) is 0 Å². The molecule has 0 aliphatic rings. The summed E-state index contributed by atoms with van der Waals surface area (Å²) in [5.74, 6) is -0.890. The first-order chi connectivity index (χ1) is 9.69. The fraction of sp³-hybridized carbons (Fsp3) is 0.188. The zero-order valence-electron chi connectivity index (χ0n) is 11.7. The Balaban J connectivity index is 0.00000220. The quantitative estimate of drug-likeness (QED) is 0.793. The van der Waals surface area contributed by atoms with Gasteiger partial charge in [-0.15, -0.1) is 24.2 Å². The number of aromatic carboxylic acids is 1. The summed E-state index contributed by atoms with van der Waals surface area (Å²) in [5, 5.41) is 12.2. The molecular formula is C16H18ClNO2S. The first kappa shape index (κ1) is 17.6. The van der Waals surface area contributed by atoms with Gasteiger partial charge in [0.05, 0.1) is 5.56 Å². The van der Waals surface area contributed by atoms with E-state index >= 15 is 0 Å². The van der Waals surface area contributed by atoms with Gasteiger partial charge in [-0.25, -0.2) is 4.79 Å². The number of benzene rings is 2. The number of rotatable bonds is 6. The lowest BCUT2D eigenvalue weighted by Gasteiger charge is -2.06. The molecule has 0 radical (unpaired) electrons. The monoisotopic (exact) mass is 323 g/mol. The molecule has 2 N–H and O–H groups in total. The molecule has 2 aromatic rings. The minimum Gasteiger partial charge on any atom is -0.478 e. The molecule has 2 aromatic carbocycles. The number of hydrogen-bond donors (Lipinski definition) is 2. The Bertz CT molecular complexity index is 570. The number of carboxylic acid groups (broad SMARTS) is 1. The fourth-order valence-electron chi connectivity index (χ4n) is 1.86. The molecule has 0 fully saturated rings. The second-order valence-corrected chi connectivity index (χ2v) is 5.33. The standard InChI is InChI=1S/C16H17NO2S.ClH/c1-20-15-8-4-13(5-9-15)11-17-10-12-2-6-14(7-3-12)16(18)19;/h2-9,17H,10-11H2,1H3,(H,18,19);1H. The number of halogens is 1. The third-order valence-electron chi connectivity index (χ3n) is 3.02. The highest BCUT2D eigenvalue weighted by molar-refractivity contribution is 7.98. The molecule has 3 nitrogen and oxygen atoms in total. The van der Waals surface area contributed by atoms with E-state index in [9.17, 15) is 4.79 Å². The van der Waals surface area contributed by atoms with Gasteiger partial charge in [0.2, 0.25) is 0 Å². The van der Waals surface area contributed by atoms with Crippen molar-refractivity contribution in [2.75, 3.05) is 6.26 Å². The Morgan fingerprint density at radius 3 is 1.90 bits per heavy atom. The van der Waals surface area contributed by atoms with Gasteiger partial charge < -0.3 is 10.4 Å². The van der Waals surface area contributed by atoms with Crippen LogP contribution in [-0.4, -0.2) is 17.3 Å². The molecule has 2 rings (SSSR count). The van der Waals surface area contributed by atoms with Gasteiger partial charge in [0.15, 0.2) is 0 Å². The van der Waals surface area contributed by atoms with Crippen molar-refractivity contribution in [3.63, 3.8) is 0 Å². The predicted molar refractivity (Wildman–Crippen MR) is 89.4 cm³/mol. The van der Waals surface area contributed by atoms with Gasteiger partial charge in [0, 0.05) is 18.0 Å². The Hall–Kier alpha value is -1.49. The van der Waals surface area contributed by atoms with Gasteiger partial charge in [-0.3, -0.25) is 0 Å². The van der Waals surface area contributed by atoms with E-state index in [1.807, 2.05) is 12.1 Å². The maximum absolute atomic E-state index is 10.7. The Labute approximate surface area is 135 Å². The van der Waals surface area contributed by atoms with Crippen LogP contribution in [0.3, 0.4) is 0 Å². The van der Waals surface area contributed by atoms with Crippen LogP contribution in [0.5, 0.6) is 0 Å². The smallest absolute Gasteiger partial charge is 0.335 e. The van der Waals surface area contributed by atoms with Gasteiger partial charge in [-0.2, -0.15) is 0 Å². The van der Waals surface area contributed by atoms with Crippen molar-refractivity contribution in [2.45, 2.75) is 18.0 Å². The Kier molecular flexibility index (Phi) is 7.29. The minimum atomic E-state index is -0.890. The van der Waals surface area contributed by atoms with Crippen molar-refractivity contribution in [2.24, 2.45) is 0 Å². The molecule has 0 aliphatic heterocycles. The maximum Gasteiger partial charge on any atom is 0.335 e. The fourth-order valence-corrected chi connectivity index (χ4v) is 2.27. The van der Waals surface area contributed by atoms with Crippen molar-refractivity contribution in [3.05, 3.63) is 65.2 Å². The molecule has 21 heavy (non-hydrogen) atoms. The number of thioether (sulfide) groups is 1. The summed E-state index contributed by atoms with van der Waals surface area (Å²) in [6.07, 6.45) is 2.06. The lowest BCUT2D eigenvalue weighted by Crippen LogP contribution is -2.12. The molecule has 0 bridgehead atoms. The van der Waals surface area contributed by atoms with Gasteiger partial charge >= 0.3 is 5.97 Å². The van der Waals surface area contributed by atoms with Crippen LogP contribution in [0.4, 0.5) is 0 Å². The number of nitrogens with one attached hydrogen (secondary N) is 1. The van der Waals surface area contributed by atoms with E-state index in [2.05, 4.69) is 35.8 Å². The van der Waals surface area contributed by atoms with Crippen molar-refractivity contribution in [1.29, 1.82) is 0 Å². The molecule has 0 saturated heterocycles. The third-order valence-corrected chi connectivity index (χ3v) is 3.76. The summed E-state index contributed by atoms with van der Waals surface area (Å²) in [6, 6.07) is 15.4. The molecule has 0 aliphatic carbocycles. The van der Waals surface area contributed by atoms with E-state index in [0.717, 1.165) is 18.7 Å². The molecular weight excluding hydrogens is 306 g/mol. The summed E-state index contributed by atoms with van der Waals surface area (Å²) in [7, 11) is 0. The molecule has 5 heteroatoms. The van der Waals surface area contributed by atoms with Crippen LogP contribution < -0.4 is 5.32 Å². The average molecular weight is 324 g/mol. The summed E-state index contributed by atoms with van der Waals surface area (Å²) in [4.78, 5) is 12.0. The van der Waals surface area contributed by atoms with Crippen LogP contribution in [0.2, 0.25) is 0 Å². The molecule has 0 aromatic heterocycles.